The number of hydrogen-bond donors (Lipinski definition) is 0. The lowest BCUT2D eigenvalue weighted by atomic mass is 10.2. The molecule has 4 nitrogen and oxygen atoms in total. The van der Waals surface area contributed by atoms with E-state index in [2.05, 4.69) is 6.92 Å². The van der Waals surface area contributed by atoms with E-state index in [4.69, 9.17) is 19.2 Å². The predicted molar refractivity (Wildman–Crippen MR) is 87.1 cm³/mol. The van der Waals surface area contributed by atoms with Gasteiger partial charge in [0.05, 0.1) is 18.3 Å². The minimum atomic E-state index is -1.35. The topological polar surface area (TPSA) is 36.9 Å². The van der Waals surface area contributed by atoms with Gasteiger partial charge in [-0.2, -0.15) is 4.89 Å². The Balaban J connectivity index is 3.05. The fourth-order valence-corrected chi connectivity index (χ4v) is 1.76. The van der Waals surface area contributed by atoms with Crippen molar-refractivity contribution in [2.45, 2.75) is 72.1 Å². The van der Waals surface area contributed by atoms with Gasteiger partial charge in [0.25, 0.3) is 0 Å². The molecule has 1 aromatic carbocycles. The second-order valence-electron chi connectivity index (χ2n) is 6.57. The molecule has 22 heavy (non-hydrogen) atoms. The molecular formula is C18H30O4. The number of hydrogen-bond acceptors (Lipinski definition) is 4. The Morgan fingerprint density at radius 1 is 1.00 bits per heavy atom. The average Bonchev–Trinajstić information content (AvgIpc) is 2.44. The highest BCUT2D eigenvalue weighted by atomic mass is 17.3. The van der Waals surface area contributed by atoms with Gasteiger partial charge in [-0.05, 0) is 41.0 Å². The Morgan fingerprint density at radius 2 is 1.64 bits per heavy atom. The highest BCUT2D eigenvalue weighted by Crippen LogP contribution is 2.32. The number of rotatable bonds is 9. The van der Waals surface area contributed by atoms with Gasteiger partial charge in [0.2, 0.25) is 0 Å². The van der Waals surface area contributed by atoms with Crippen LogP contribution in [0.3, 0.4) is 0 Å². The summed E-state index contributed by atoms with van der Waals surface area (Å²) in [5, 5.41) is 0. The quantitative estimate of drug-likeness (QED) is 0.284. The van der Waals surface area contributed by atoms with E-state index in [9.17, 15) is 0 Å². The third-order valence-electron chi connectivity index (χ3n) is 2.71. The molecule has 0 aliphatic rings. The smallest absolute Gasteiger partial charge is 0.322 e. The van der Waals surface area contributed by atoms with Crippen molar-refractivity contribution in [2.24, 2.45) is 0 Å². The van der Waals surface area contributed by atoms with Crippen LogP contribution in [0.1, 0.15) is 59.9 Å². The lowest BCUT2D eigenvalue weighted by Gasteiger charge is -2.35. The minimum absolute atomic E-state index is 0.0783. The molecule has 126 valence electrons. The lowest BCUT2D eigenvalue weighted by molar-refractivity contribution is -0.542. The zero-order chi connectivity index (χ0) is 16.6. The molecule has 0 aliphatic carbocycles. The third-order valence-corrected chi connectivity index (χ3v) is 2.71. The Labute approximate surface area is 134 Å². The molecule has 4 heteroatoms. The number of benzene rings is 1. The third kappa shape index (κ3) is 6.44. The molecule has 0 spiro atoms. The molecule has 0 radical (unpaired) electrons. The highest BCUT2D eigenvalue weighted by molar-refractivity contribution is 5.18. The van der Waals surface area contributed by atoms with Crippen LogP contribution < -0.4 is 0 Å². The summed E-state index contributed by atoms with van der Waals surface area (Å²) in [5.41, 5.74) is 0.318. The molecule has 1 aromatic rings. The number of ether oxygens (including phenoxy) is 2. The molecule has 0 fully saturated rings. The summed E-state index contributed by atoms with van der Waals surface area (Å²) in [7, 11) is 0. The van der Waals surface area contributed by atoms with Crippen molar-refractivity contribution >= 4 is 0 Å². The van der Waals surface area contributed by atoms with Crippen molar-refractivity contribution in [3.8, 4) is 0 Å². The first-order valence-electron chi connectivity index (χ1n) is 8.03. The maximum atomic E-state index is 6.00. The summed E-state index contributed by atoms with van der Waals surface area (Å²) in [6.45, 7) is 12.3. The summed E-state index contributed by atoms with van der Waals surface area (Å²) in [5.74, 6) is -1.35. The van der Waals surface area contributed by atoms with Gasteiger partial charge in [-0.25, -0.2) is 4.89 Å². The van der Waals surface area contributed by atoms with Gasteiger partial charge < -0.3 is 9.47 Å². The monoisotopic (exact) mass is 310 g/mol. The number of unbranched alkanes of at least 4 members (excludes halogenated alkanes) is 1. The molecule has 1 rings (SSSR count). The van der Waals surface area contributed by atoms with Crippen molar-refractivity contribution < 1.29 is 19.2 Å². The maximum Gasteiger partial charge on any atom is 0.340 e. The molecule has 0 heterocycles. The predicted octanol–water partition coefficient (Wildman–Crippen LogP) is 4.79. The van der Waals surface area contributed by atoms with Crippen LogP contribution in [-0.4, -0.2) is 18.3 Å². The van der Waals surface area contributed by atoms with Gasteiger partial charge in [-0.15, -0.1) is 0 Å². The summed E-state index contributed by atoms with van der Waals surface area (Å²) < 4.78 is 12.0. The molecule has 0 aliphatic heterocycles. The first kappa shape index (κ1) is 19.1. The van der Waals surface area contributed by atoms with Gasteiger partial charge in [-0.3, -0.25) is 0 Å². The van der Waals surface area contributed by atoms with Crippen molar-refractivity contribution in [1.29, 1.82) is 0 Å². The Kier molecular flexibility index (Phi) is 7.49. The van der Waals surface area contributed by atoms with E-state index in [1.165, 1.54) is 0 Å². The van der Waals surface area contributed by atoms with Gasteiger partial charge in [-0.1, -0.05) is 43.7 Å². The van der Waals surface area contributed by atoms with Crippen molar-refractivity contribution in [2.75, 3.05) is 6.61 Å². The van der Waals surface area contributed by atoms with Crippen molar-refractivity contribution in [1.82, 2.24) is 0 Å². The second-order valence-corrected chi connectivity index (χ2v) is 6.57. The van der Waals surface area contributed by atoms with Crippen LogP contribution >= 0.6 is 0 Å². The lowest BCUT2D eigenvalue weighted by Crippen LogP contribution is -2.41. The van der Waals surface area contributed by atoms with E-state index >= 15 is 0 Å². The minimum Gasteiger partial charge on any atom is -0.322 e. The van der Waals surface area contributed by atoms with Crippen LogP contribution in [0.5, 0.6) is 0 Å². The fourth-order valence-electron chi connectivity index (χ4n) is 1.76. The zero-order valence-corrected chi connectivity index (χ0v) is 14.7. The molecule has 0 amide bonds. The van der Waals surface area contributed by atoms with Crippen LogP contribution in [0.4, 0.5) is 0 Å². The first-order chi connectivity index (χ1) is 10.3. The van der Waals surface area contributed by atoms with Crippen molar-refractivity contribution in [3.05, 3.63) is 35.9 Å². The van der Waals surface area contributed by atoms with Gasteiger partial charge in [0, 0.05) is 5.56 Å². The fraction of sp³-hybridized carbons (Fsp3) is 0.667. The molecule has 0 saturated heterocycles. The first-order valence-corrected chi connectivity index (χ1v) is 8.03. The summed E-state index contributed by atoms with van der Waals surface area (Å²) in [6, 6.07) is 9.63. The van der Waals surface area contributed by atoms with Crippen molar-refractivity contribution in [3.63, 3.8) is 0 Å². The summed E-state index contributed by atoms with van der Waals surface area (Å²) in [4.78, 5) is 11.2. The van der Waals surface area contributed by atoms with Gasteiger partial charge >= 0.3 is 5.97 Å². The highest BCUT2D eigenvalue weighted by Gasteiger charge is 2.40. The molecule has 1 atom stereocenters. The molecule has 0 N–H and O–H groups in total. The van der Waals surface area contributed by atoms with E-state index in [-0.39, 0.29) is 6.10 Å². The van der Waals surface area contributed by atoms with Crippen LogP contribution in [0, 0.1) is 0 Å². The standard InChI is InChI=1S/C18H30O4/c1-7-8-14-19-18(20-15(2)3,22-21-17(4,5)6)16-12-10-9-11-13-16/h9-13,15H,7-8,14H2,1-6H3. The maximum absolute atomic E-state index is 6.00. The van der Waals surface area contributed by atoms with Crippen LogP contribution in [0.15, 0.2) is 30.3 Å². The van der Waals surface area contributed by atoms with E-state index in [1.807, 2.05) is 65.0 Å². The molecule has 0 saturated carbocycles. The normalized spacial score (nSPS) is 15.0. The summed E-state index contributed by atoms with van der Waals surface area (Å²) in [6.07, 6.45) is 1.88. The second kappa shape index (κ2) is 8.63. The van der Waals surface area contributed by atoms with E-state index in [0.29, 0.717) is 6.61 Å². The Morgan fingerprint density at radius 3 is 2.14 bits per heavy atom. The molecule has 1 unspecified atom stereocenters. The van der Waals surface area contributed by atoms with Gasteiger partial charge in [0.15, 0.2) is 0 Å². The zero-order valence-electron chi connectivity index (χ0n) is 14.7. The average molecular weight is 310 g/mol. The van der Waals surface area contributed by atoms with Gasteiger partial charge in [0.1, 0.15) is 0 Å². The Bertz CT molecular complexity index is 411. The van der Waals surface area contributed by atoms with E-state index in [1.54, 1.807) is 0 Å². The van der Waals surface area contributed by atoms with Crippen LogP contribution in [-0.2, 0) is 25.2 Å². The Hall–Kier alpha value is -0.940. The van der Waals surface area contributed by atoms with Crippen LogP contribution in [0.25, 0.3) is 0 Å². The molecular weight excluding hydrogens is 280 g/mol. The SMILES string of the molecule is CCCCOC(OOC(C)(C)C)(OC(C)C)c1ccccc1. The molecule has 0 bridgehead atoms. The van der Waals surface area contributed by atoms with Crippen LogP contribution in [0.2, 0.25) is 0 Å². The van der Waals surface area contributed by atoms with E-state index in [0.717, 1.165) is 18.4 Å². The van der Waals surface area contributed by atoms with E-state index < -0.39 is 11.6 Å². The summed E-state index contributed by atoms with van der Waals surface area (Å²) >= 11 is 0. The molecule has 0 aromatic heterocycles. The largest absolute Gasteiger partial charge is 0.340 e.